The second-order valence-electron chi connectivity index (χ2n) is 5.85. The molecule has 0 bridgehead atoms. The maximum absolute atomic E-state index is 11.9. The van der Waals surface area contributed by atoms with Crippen LogP contribution in [0.5, 0.6) is 0 Å². The van der Waals surface area contributed by atoms with Crippen molar-refractivity contribution in [1.29, 1.82) is 0 Å². The molecule has 1 rings (SSSR count). The molecular formula is C13H24O3. The molecule has 0 radical (unpaired) electrons. The van der Waals surface area contributed by atoms with Gasteiger partial charge in [-0.2, -0.15) is 0 Å². The number of carbonyl (C=O) groups is 1. The molecule has 2 atom stereocenters. The van der Waals surface area contributed by atoms with Crippen LogP contribution >= 0.6 is 0 Å². The number of methoxy groups -OCH3 is 1. The van der Waals surface area contributed by atoms with Gasteiger partial charge >= 0.3 is 5.97 Å². The van der Waals surface area contributed by atoms with Gasteiger partial charge < -0.3 is 9.47 Å². The molecule has 3 nitrogen and oxygen atoms in total. The smallest absolute Gasteiger partial charge is 0.341 e. The third kappa shape index (κ3) is 2.24. The fourth-order valence-corrected chi connectivity index (χ4v) is 2.68. The van der Waals surface area contributed by atoms with Crippen molar-refractivity contribution in [2.45, 2.75) is 58.7 Å². The average Bonchev–Trinajstić information content (AvgIpc) is 2.67. The lowest BCUT2D eigenvalue weighted by Crippen LogP contribution is -2.36. The minimum absolute atomic E-state index is 0.218. The van der Waals surface area contributed by atoms with Gasteiger partial charge in [-0.1, -0.05) is 27.7 Å². The number of rotatable bonds is 5. The van der Waals surface area contributed by atoms with Crippen LogP contribution in [0, 0.1) is 11.8 Å². The minimum Gasteiger partial charge on any atom is -0.467 e. The Kier molecular flexibility index (Phi) is 3.68. The molecule has 1 saturated heterocycles. The molecule has 0 aromatic carbocycles. The monoisotopic (exact) mass is 228 g/mol. The van der Waals surface area contributed by atoms with Gasteiger partial charge in [0.05, 0.1) is 7.11 Å². The highest BCUT2D eigenvalue weighted by molar-refractivity contribution is 5.84. The Labute approximate surface area is 98.5 Å². The normalized spacial score (nSPS) is 33.2. The zero-order valence-electron chi connectivity index (χ0n) is 11.3. The zero-order chi connectivity index (χ0) is 12.6. The van der Waals surface area contributed by atoms with E-state index in [1.54, 1.807) is 0 Å². The van der Waals surface area contributed by atoms with Gasteiger partial charge in [0.2, 0.25) is 0 Å². The standard InChI is InChI=1S/C13H24O3/c1-9(2)7-12(5)13(16-12,8-10(3)4)11(14)15-6/h9-10H,7-8H2,1-6H3. The predicted molar refractivity (Wildman–Crippen MR) is 63.1 cm³/mol. The molecule has 0 N–H and O–H groups in total. The summed E-state index contributed by atoms with van der Waals surface area (Å²) in [6.07, 6.45) is 1.64. The topological polar surface area (TPSA) is 38.8 Å². The van der Waals surface area contributed by atoms with Gasteiger partial charge in [0, 0.05) is 0 Å². The largest absolute Gasteiger partial charge is 0.467 e. The van der Waals surface area contributed by atoms with E-state index in [1.165, 1.54) is 7.11 Å². The number of carbonyl (C=O) groups excluding carboxylic acids is 1. The molecule has 1 heterocycles. The second kappa shape index (κ2) is 4.36. The quantitative estimate of drug-likeness (QED) is 0.536. The highest BCUT2D eigenvalue weighted by atomic mass is 16.7. The third-order valence-electron chi connectivity index (χ3n) is 3.22. The van der Waals surface area contributed by atoms with Crippen LogP contribution in [0.2, 0.25) is 0 Å². The first-order chi connectivity index (χ1) is 7.27. The van der Waals surface area contributed by atoms with Crippen LogP contribution in [0.15, 0.2) is 0 Å². The van der Waals surface area contributed by atoms with E-state index in [1.807, 2.05) is 6.92 Å². The molecule has 0 aromatic heterocycles. The lowest BCUT2D eigenvalue weighted by atomic mass is 9.82. The highest BCUT2D eigenvalue weighted by Crippen LogP contribution is 2.55. The van der Waals surface area contributed by atoms with E-state index in [4.69, 9.17) is 9.47 Å². The van der Waals surface area contributed by atoms with Gasteiger partial charge in [0.25, 0.3) is 0 Å². The van der Waals surface area contributed by atoms with Crippen LogP contribution in [0.4, 0.5) is 0 Å². The number of hydrogen-bond donors (Lipinski definition) is 0. The summed E-state index contributed by atoms with van der Waals surface area (Å²) in [5.74, 6) is 0.723. The van der Waals surface area contributed by atoms with Crippen LogP contribution in [0.3, 0.4) is 0 Å². The molecular weight excluding hydrogens is 204 g/mol. The Morgan fingerprint density at radius 1 is 1.19 bits per heavy atom. The fourth-order valence-electron chi connectivity index (χ4n) is 2.68. The Hall–Kier alpha value is -0.570. The SMILES string of the molecule is COC(=O)C1(CC(C)C)OC1(C)CC(C)C. The van der Waals surface area contributed by atoms with Crippen molar-refractivity contribution >= 4 is 5.97 Å². The lowest BCUT2D eigenvalue weighted by molar-refractivity contribution is -0.147. The van der Waals surface area contributed by atoms with Gasteiger partial charge in [-0.25, -0.2) is 4.79 Å². The Morgan fingerprint density at radius 3 is 2.06 bits per heavy atom. The summed E-state index contributed by atoms with van der Waals surface area (Å²) in [6.45, 7) is 10.5. The zero-order valence-corrected chi connectivity index (χ0v) is 11.3. The van der Waals surface area contributed by atoms with E-state index in [0.29, 0.717) is 11.8 Å². The third-order valence-corrected chi connectivity index (χ3v) is 3.22. The number of ether oxygens (including phenoxy) is 2. The molecule has 1 aliphatic rings. The van der Waals surface area contributed by atoms with Gasteiger partial charge in [-0.15, -0.1) is 0 Å². The first kappa shape index (κ1) is 13.5. The van der Waals surface area contributed by atoms with Crippen LogP contribution in [-0.2, 0) is 14.3 Å². The average molecular weight is 228 g/mol. The molecule has 2 unspecified atom stereocenters. The van der Waals surface area contributed by atoms with E-state index in [-0.39, 0.29) is 11.6 Å². The van der Waals surface area contributed by atoms with Crippen LogP contribution < -0.4 is 0 Å². The molecule has 0 amide bonds. The van der Waals surface area contributed by atoms with Crippen LogP contribution in [0.1, 0.15) is 47.5 Å². The summed E-state index contributed by atoms with van der Waals surface area (Å²) in [6, 6.07) is 0. The summed E-state index contributed by atoms with van der Waals surface area (Å²) in [4.78, 5) is 11.9. The summed E-state index contributed by atoms with van der Waals surface area (Å²) < 4.78 is 10.7. The molecule has 0 aromatic rings. The minimum atomic E-state index is -0.694. The molecule has 1 aliphatic heterocycles. The first-order valence-corrected chi connectivity index (χ1v) is 6.06. The van der Waals surface area contributed by atoms with E-state index < -0.39 is 5.60 Å². The maximum Gasteiger partial charge on any atom is 0.341 e. The molecule has 16 heavy (non-hydrogen) atoms. The van der Waals surface area contributed by atoms with E-state index in [0.717, 1.165) is 12.8 Å². The second-order valence-corrected chi connectivity index (χ2v) is 5.85. The maximum atomic E-state index is 11.9. The van der Waals surface area contributed by atoms with Crippen molar-refractivity contribution in [2.24, 2.45) is 11.8 Å². The molecule has 0 aliphatic carbocycles. The Morgan fingerprint density at radius 2 is 1.69 bits per heavy atom. The van der Waals surface area contributed by atoms with Crippen molar-refractivity contribution in [1.82, 2.24) is 0 Å². The summed E-state index contributed by atoms with van der Waals surface area (Å²) in [5.41, 5.74) is -1.03. The van der Waals surface area contributed by atoms with Crippen molar-refractivity contribution in [3.63, 3.8) is 0 Å². The van der Waals surface area contributed by atoms with Crippen molar-refractivity contribution < 1.29 is 14.3 Å². The van der Waals surface area contributed by atoms with E-state index >= 15 is 0 Å². The van der Waals surface area contributed by atoms with E-state index in [9.17, 15) is 4.79 Å². The van der Waals surface area contributed by atoms with Crippen molar-refractivity contribution in [3.8, 4) is 0 Å². The lowest BCUT2D eigenvalue weighted by Gasteiger charge is -2.18. The number of epoxide rings is 1. The summed E-state index contributed by atoms with van der Waals surface area (Å²) >= 11 is 0. The van der Waals surface area contributed by atoms with Crippen molar-refractivity contribution in [3.05, 3.63) is 0 Å². The van der Waals surface area contributed by atoms with E-state index in [2.05, 4.69) is 27.7 Å². The van der Waals surface area contributed by atoms with Gasteiger partial charge in [-0.05, 0) is 31.6 Å². The molecule has 3 heteroatoms. The molecule has 1 fully saturated rings. The van der Waals surface area contributed by atoms with Crippen molar-refractivity contribution in [2.75, 3.05) is 7.11 Å². The Bertz CT molecular complexity index is 272. The van der Waals surface area contributed by atoms with Gasteiger partial charge in [0.15, 0.2) is 5.60 Å². The number of hydrogen-bond acceptors (Lipinski definition) is 3. The summed E-state index contributed by atoms with van der Waals surface area (Å²) in [7, 11) is 1.43. The summed E-state index contributed by atoms with van der Waals surface area (Å²) in [5, 5.41) is 0. The first-order valence-electron chi connectivity index (χ1n) is 6.06. The Balaban J connectivity index is 2.82. The van der Waals surface area contributed by atoms with Crippen LogP contribution in [0.25, 0.3) is 0 Å². The molecule has 94 valence electrons. The molecule has 0 saturated carbocycles. The van der Waals surface area contributed by atoms with Gasteiger partial charge in [0.1, 0.15) is 5.60 Å². The predicted octanol–water partition coefficient (Wildman–Crippen LogP) is 2.78. The number of esters is 1. The van der Waals surface area contributed by atoms with Gasteiger partial charge in [-0.3, -0.25) is 0 Å². The fraction of sp³-hybridized carbons (Fsp3) is 0.923. The molecule has 0 spiro atoms. The van der Waals surface area contributed by atoms with Crippen LogP contribution in [-0.4, -0.2) is 24.3 Å². The highest BCUT2D eigenvalue weighted by Gasteiger charge is 2.72.